The summed E-state index contributed by atoms with van der Waals surface area (Å²) in [6, 6.07) is 16.3. The highest BCUT2D eigenvalue weighted by Gasteiger charge is 2.26. The highest BCUT2D eigenvalue weighted by molar-refractivity contribution is 6.30. The van der Waals surface area contributed by atoms with Crippen molar-refractivity contribution >= 4 is 34.4 Å². The van der Waals surface area contributed by atoms with Gasteiger partial charge in [0.2, 0.25) is 0 Å². The number of pyridine rings is 1. The first-order chi connectivity index (χ1) is 14.5. The average molecular weight is 425 g/mol. The van der Waals surface area contributed by atoms with E-state index in [0.29, 0.717) is 53.5 Å². The quantitative estimate of drug-likeness (QED) is 0.593. The van der Waals surface area contributed by atoms with Gasteiger partial charge in [0.05, 0.1) is 30.0 Å². The van der Waals surface area contributed by atoms with Gasteiger partial charge >= 0.3 is 5.97 Å². The number of halogens is 1. The van der Waals surface area contributed by atoms with Crippen LogP contribution in [0.2, 0.25) is 5.02 Å². The number of benzene rings is 2. The van der Waals surface area contributed by atoms with Crippen molar-refractivity contribution in [2.75, 3.05) is 26.3 Å². The number of fused-ring (bicyclic) bond motifs is 1. The zero-order chi connectivity index (χ0) is 21.1. The van der Waals surface area contributed by atoms with Gasteiger partial charge in [-0.25, -0.2) is 9.78 Å². The molecule has 7 heteroatoms. The SMILES string of the molecule is CC(OC(=O)c1cc(-c2ccc(Cl)cc2)nc2ccccc12)C(=O)N1CCOCC1. The van der Waals surface area contributed by atoms with Gasteiger partial charge < -0.3 is 14.4 Å². The van der Waals surface area contributed by atoms with E-state index in [0.717, 1.165) is 5.56 Å². The number of nitrogens with zero attached hydrogens (tertiary/aromatic N) is 2. The van der Waals surface area contributed by atoms with Crippen molar-refractivity contribution in [3.63, 3.8) is 0 Å². The lowest BCUT2D eigenvalue weighted by Crippen LogP contribution is -2.46. The maximum atomic E-state index is 13.0. The lowest BCUT2D eigenvalue weighted by molar-refractivity contribution is -0.143. The van der Waals surface area contributed by atoms with E-state index in [9.17, 15) is 9.59 Å². The van der Waals surface area contributed by atoms with E-state index in [2.05, 4.69) is 4.98 Å². The molecule has 0 N–H and O–H groups in total. The molecule has 1 aromatic heterocycles. The summed E-state index contributed by atoms with van der Waals surface area (Å²) >= 11 is 5.99. The number of ether oxygens (including phenoxy) is 2. The highest BCUT2D eigenvalue weighted by Crippen LogP contribution is 2.26. The van der Waals surface area contributed by atoms with Crippen molar-refractivity contribution in [2.24, 2.45) is 0 Å². The molecule has 0 saturated carbocycles. The second-order valence-corrected chi connectivity index (χ2v) is 7.50. The second kappa shape index (κ2) is 8.81. The molecule has 1 saturated heterocycles. The fraction of sp³-hybridized carbons (Fsp3) is 0.261. The summed E-state index contributed by atoms with van der Waals surface area (Å²) in [5.41, 5.74) is 2.50. The highest BCUT2D eigenvalue weighted by atomic mass is 35.5. The molecule has 1 aliphatic heterocycles. The maximum Gasteiger partial charge on any atom is 0.339 e. The predicted octanol–water partition coefficient (Wildman–Crippen LogP) is 3.96. The molecule has 0 spiro atoms. The summed E-state index contributed by atoms with van der Waals surface area (Å²) < 4.78 is 10.8. The van der Waals surface area contributed by atoms with Gasteiger partial charge in [0, 0.05) is 29.1 Å². The van der Waals surface area contributed by atoms with E-state index in [-0.39, 0.29) is 5.91 Å². The summed E-state index contributed by atoms with van der Waals surface area (Å²) in [5, 5.41) is 1.29. The Labute approximate surface area is 179 Å². The van der Waals surface area contributed by atoms with Gasteiger partial charge in [-0.3, -0.25) is 4.79 Å². The largest absolute Gasteiger partial charge is 0.449 e. The molecule has 1 fully saturated rings. The van der Waals surface area contributed by atoms with Crippen LogP contribution in [-0.2, 0) is 14.3 Å². The van der Waals surface area contributed by atoms with Crippen LogP contribution in [0.3, 0.4) is 0 Å². The number of rotatable bonds is 4. The summed E-state index contributed by atoms with van der Waals surface area (Å²) in [5.74, 6) is -0.777. The Balaban J connectivity index is 1.64. The van der Waals surface area contributed by atoms with E-state index in [1.165, 1.54) is 0 Å². The molecule has 0 aliphatic carbocycles. The Hall–Kier alpha value is -2.96. The van der Waals surface area contributed by atoms with Crippen molar-refractivity contribution in [1.29, 1.82) is 0 Å². The maximum absolute atomic E-state index is 13.0. The van der Waals surface area contributed by atoms with Crippen LogP contribution in [0.25, 0.3) is 22.2 Å². The second-order valence-electron chi connectivity index (χ2n) is 7.06. The molecule has 2 heterocycles. The van der Waals surface area contributed by atoms with Crippen LogP contribution in [0.1, 0.15) is 17.3 Å². The fourth-order valence-electron chi connectivity index (χ4n) is 3.43. The first-order valence-corrected chi connectivity index (χ1v) is 10.1. The molecule has 1 aliphatic rings. The van der Waals surface area contributed by atoms with E-state index >= 15 is 0 Å². The topological polar surface area (TPSA) is 68.7 Å². The number of hydrogen-bond acceptors (Lipinski definition) is 5. The predicted molar refractivity (Wildman–Crippen MR) is 114 cm³/mol. The molecular formula is C23H21ClN2O4. The zero-order valence-electron chi connectivity index (χ0n) is 16.5. The Morgan fingerprint density at radius 3 is 2.53 bits per heavy atom. The normalized spacial score (nSPS) is 15.1. The van der Waals surface area contributed by atoms with E-state index < -0.39 is 12.1 Å². The monoisotopic (exact) mass is 424 g/mol. The lowest BCUT2D eigenvalue weighted by Gasteiger charge is -2.29. The van der Waals surface area contributed by atoms with E-state index in [4.69, 9.17) is 21.1 Å². The number of carbonyl (C=O) groups is 2. The molecular weight excluding hydrogens is 404 g/mol. The molecule has 4 rings (SSSR count). The Kier molecular flexibility index (Phi) is 5.97. The van der Waals surface area contributed by atoms with Crippen LogP contribution in [0.15, 0.2) is 54.6 Å². The minimum Gasteiger partial charge on any atom is -0.449 e. The molecule has 0 bridgehead atoms. The van der Waals surface area contributed by atoms with Crippen molar-refractivity contribution in [3.05, 3.63) is 65.2 Å². The number of morpholine rings is 1. The zero-order valence-corrected chi connectivity index (χ0v) is 17.3. The average Bonchev–Trinajstić information content (AvgIpc) is 2.78. The third kappa shape index (κ3) is 4.30. The minimum atomic E-state index is -0.887. The molecule has 1 unspecified atom stereocenters. The first-order valence-electron chi connectivity index (χ1n) is 9.76. The van der Waals surface area contributed by atoms with Gasteiger partial charge in [0.25, 0.3) is 5.91 Å². The number of amides is 1. The molecule has 2 aromatic carbocycles. The molecule has 154 valence electrons. The van der Waals surface area contributed by atoms with Gasteiger partial charge in [-0.1, -0.05) is 41.9 Å². The van der Waals surface area contributed by atoms with Crippen molar-refractivity contribution in [3.8, 4) is 11.3 Å². The van der Waals surface area contributed by atoms with Gasteiger partial charge in [0.15, 0.2) is 6.10 Å². The van der Waals surface area contributed by atoms with E-state index in [1.54, 1.807) is 30.0 Å². The summed E-state index contributed by atoms with van der Waals surface area (Å²) in [4.78, 5) is 32.0. The van der Waals surface area contributed by atoms with Gasteiger partial charge in [0.1, 0.15) is 0 Å². The standard InChI is InChI=1S/C23H21ClN2O4/c1-15(22(27)26-10-12-29-13-11-26)30-23(28)19-14-21(16-6-8-17(24)9-7-16)25-20-5-3-2-4-18(19)20/h2-9,14-15H,10-13H2,1H3. The molecule has 30 heavy (non-hydrogen) atoms. The van der Waals surface area contributed by atoms with Gasteiger partial charge in [-0.2, -0.15) is 0 Å². The number of carbonyl (C=O) groups excluding carboxylic acids is 2. The smallest absolute Gasteiger partial charge is 0.339 e. The molecule has 1 amide bonds. The number of para-hydroxylation sites is 1. The van der Waals surface area contributed by atoms with Crippen LogP contribution in [0.4, 0.5) is 0 Å². The Bertz CT molecular complexity index is 1080. The minimum absolute atomic E-state index is 0.220. The number of hydrogen-bond donors (Lipinski definition) is 0. The van der Waals surface area contributed by atoms with E-state index in [1.807, 2.05) is 36.4 Å². The summed E-state index contributed by atoms with van der Waals surface area (Å²) in [7, 11) is 0. The Morgan fingerprint density at radius 2 is 1.80 bits per heavy atom. The lowest BCUT2D eigenvalue weighted by atomic mass is 10.0. The van der Waals surface area contributed by atoms with Crippen LogP contribution in [0.5, 0.6) is 0 Å². The molecule has 6 nitrogen and oxygen atoms in total. The van der Waals surface area contributed by atoms with Crippen molar-refractivity contribution in [1.82, 2.24) is 9.88 Å². The molecule has 3 aromatic rings. The molecule has 0 radical (unpaired) electrons. The summed E-state index contributed by atoms with van der Waals surface area (Å²) in [6.45, 7) is 3.58. The Morgan fingerprint density at radius 1 is 1.10 bits per heavy atom. The first kappa shape index (κ1) is 20.3. The van der Waals surface area contributed by atoms with Gasteiger partial charge in [-0.05, 0) is 31.2 Å². The van der Waals surface area contributed by atoms with Crippen molar-refractivity contribution < 1.29 is 19.1 Å². The third-order valence-electron chi connectivity index (χ3n) is 5.03. The van der Waals surface area contributed by atoms with Crippen molar-refractivity contribution in [2.45, 2.75) is 13.0 Å². The number of esters is 1. The summed E-state index contributed by atoms with van der Waals surface area (Å²) in [6.07, 6.45) is -0.887. The fourth-order valence-corrected chi connectivity index (χ4v) is 3.55. The van der Waals surface area contributed by atoms with Crippen LogP contribution in [0, 0.1) is 0 Å². The van der Waals surface area contributed by atoms with Gasteiger partial charge in [-0.15, -0.1) is 0 Å². The van der Waals surface area contributed by atoms with Crippen LogP contribution in [-0.4, -0.2) is 54.2 Å². The number of aromatic nitrogens is 1. The molecule has 1 atom stereocenters. The third-order valence-corrected chi connectivity index (χ3v) is 5.28. The van der Waals surface area contributed by atoms with Crippen LogP contribution < -0.4 is 0 Å². The van der Waals surface area contributed by atoms with Crippen LogP contribution >= 0.6 is 11.6 Å².